The van der Waals surface area contributed by atoms with E-state index in [1.54, 1.807) is 37.3 Å². The lowest BCUT2D eigenvalue weighted by molar-refractivity contribution is -0.139. The van der Waals surface area contributed by atoms with E-state index in [2.05, 4.69) is 5.32 Å². The molecule has 2 saturated heterocycles. The van der Waals surface area contributed by atoms with E-state index in [4.69, 9.17) is 11.6 Å². The van der Waals surface area contributed by atoms with Crippen molar-refractivity contribution in [1.82, 2.24) is 20.0 Å². The van der Waals surface area contributed by atoms with Gasteiger partial charge in [-0.25, -0.2) is 9.18 Å². The Morgan fingerprint density at radius 1 is 1.03 bits per heavy atom. The number of hydrogen-bond acceptors (Lipinski definition) is 4. The van der Waals surface area contributed by atoms with Crippen molar-refractivity contribution >= 4 is 35.4 Å². The van der Waals surface area contributed by atoms with Gasteiger partial charge < -0.3 is 15.1 Å². The van der Waals surface area contributed by atoms with Crippen LogP contribution in [0, 0.1) is 5.82 Å². The number of carbonyl (C=O) groups excluding carboxylic acids is 4. The molecule has 0 aromatic heterocycles. The molecule has 2 aromatic rings. The van der Waals surface area contributed by atoms with Gasteiger partial charge in [0.1, 0.15) is 17.9 Å². The second-order valence-corrected chi connectivity index (χ2v) is 8.55. The van der Waals surface area contributed by atoms with Crippen molar-refractivity contribution in [1.29, 1.82) is 0 Å². The second-order valence-electron chi connectivity index (χ2n) is 8.11. The lowest BCUT2D eigenvalue weighted by Gasteiger charge is -2.35. The zero-order valence-corrected chi connectivity index (χ0v) is 18.6. The second kappa shape index (κ2) is 8.82. The van der Waals surface area contributed by atoms with E-state index in [1.165, 1.54) is 21.9 Å². The third-order valence-electron chi connectivity index (χ3n) is 6.00. The molecule has 8 nitrogen and oxygen atoms in total. The Bertz CT molecular complexity index is 1120. The van der Waals surface area contributed by atoms with Crippen LogP contribution in [0.25, 0.3) is 0 Å². The van der Waals surface area contributed by atoms with Crippen molar-refractivity contribution in [3.05, 3.63) is 70.5 Å². The Morgan fingerprint density at radius 3 is 2.33 bits per heavy atom. The minimum atomic E-state index is -1.25. The third-order valence-corrected chi connectivity index (χ3v) is 6.23. The fraction of sp³-hybridized carbons (Fsp3) is 0.304. The largest absolute Gasteiger partial charge is 0.338 e. The predicted octanol–water partition coefficient (Wildman–Crippen LogP) is 2.23. The van der Waals surface area contributed by atoms with Crippen LogP contribution in [0.15, 0.2) is 48.5 Å². The number of carbonyl (C=O) groups is 4. The van der Waals surface area contributed by atoms with Gasteiger partial charge in [-0.15, -0.1) is 0 Å². The topological polar surface area (TPSA) is 90.0 Å². The summed E-state index contributed by atoms with van der Waals surface area (Å²) in [5.74, 6) is -2.08. The molecule has 1 N–H and O–H groups in total. The number of nitrogens with zero attached hydrogens (tertiary/aromatic N) is 3. The molecule has 1 unspecified atom stereocenters. The molecule has 0 radical (unpaired) electrons. The van der Waals surface area contributed by atoms with Gasteiger partial charge in [0.15, 0.2) is 0 Å². The van der Waals surface area contributed by atoms with Gasteiger partial charge in [0.25, 0.3) is 11.8 Å². The first kappa shape index (κ1) is 22.7. The standard InChI is InChI=1S/C23H22ClFN4O4/c1-23(15-5-3-2-4-6-15)21(32)29(22(33)26-23)14-19(30)27-9-11-28(12-10-27)20(31)17-13-16(24)7-8-18(17)25/h2-8,13H,9-12,14H2,1H3,(H,26,33). The maximum Gasteiger partial charge on any atom is 0.325 e. The minimum Gasteiger partial charge on any atom is -0.338 e. The minimum absolute atomic E-state index is 0.123. The number of amides is 5. The van der Waals surface area contributed by atoms with Gasteiger partial charge in [-0.05, 0) is 30.7 Å². The average molecular weight is 473 g/mol. The summed E-state index contributed by atoms with van der Waals surface area (Å²) in [6.07, 6.45) is 0. The smallest absolute Gasteiger partial charge is 0.325 e. The summed E-state index contributed by atoms with van der Waals surface area (Å²) in [7, 11) is 0. The van der Waals surface area contributed by atoms with E-state index in [-0.39, 0.29) is 36.8 Å². The Kier molecular flexibility index (Phi) is 6.07. The predicted molar refractivity (Wildman–Crippen MR) is 118 cm³/mol. The van der Waals surface area contributed by atoms with Crippen LogP contribution in [-0.2, 0) is 15.1 Å². The molecule has 172 valence electrons. The molecule has 2 aliphatic heterocycles. The van der Waals surface area contributed by atoms with Gasteiger partial charge in [-0.3, -0.25) is 19.3 Å². The molecule has 5 amide bonds. The van der Waals surface area contributed by atoms with Crippen LogP contribution in [-0.4, -0.2) is 71.2 Å². The highest BCUT2D eigenvalue weighted by Crippen LogP contribution is 2.28. The fourth-order valence-corrected chi connectivity index (χ4v) is 4.21. The number of rotatable bonds is 4. The molecule has 0 spiro atoms. The van der Waals surface area contributed by atoms with Gasteiger partial charge in [-0.2, -0.15) is 0 Å². The van der Waals surface area contributed by atoms with Crippen molar-refractivity contribution in [2.45, 2.75) is 12.5 Å². The molecule has 1 atom stereocenters. The number of nitrogens with one attached hydrogen (secondary N) is 1. The summed E-state index contributed by atoms with van der Waals surface area (Å²) >= 11 is 5.87. The third kappa shape index (κ3) is 4.28. The van der Waals surface area contributed by atoms with Crippen molar-refractivity contribution in [3.8, 4) is 0 Å². The molecule has 2 aliphatic rings. The van der Waals surface area contributed by atoms with Gasteiger partial charge >= 0.3 is 6.03 Å². The van der Waals surface area contributed by atoms with Crippen LogP contribution >= 0.6 is 11.6 Å². The molecule has 0 bridgehead atoms. The Labute approximate surface area is 194 Å². The summed E-state index contributed by atoms with van der Waals surface area (Å²) < 4.78 is 14.0. The highest BCUT2D eigenvalue weighted by molar-refractivity contribution is 6.31. The zero-order chi connectivity index (χ0) is 23.8. The monoisotopic (exact) mass is 472 g/mol. The first-order valence-corrected chi connectivity index (χ1v) is 10.8. The quantitative estimate of drug-likeness (QED) is 0.691. The van der Waals surface area contributed by atoms with E-state index >= 15 is 0 Å². The number of urea groups is 1. The van der Waals surface area contributed by atoms with E-state index in [0.717, 1.165) is 11.0 Å². The number of piperazine rings is 1. The molecule has 2 heterocycles. The van der Waals surface area contributed by atoms with Crippen molar-refractivity contribution in [3.63, 3.8) is 0 Å². The van der Waals surface area contributed by atoms with E-state index < -0.39 is 41.7 Å². The van der Waals surface area contributed by atoms with Crippen molar-refractivity contribution < 1.29 is 23.6 Å². The first-order chi connectivity index (χ1) is 15.7. The van der Waals surface area contributed by atoms with Gasteiger partial charge in [-0.1, -0.05) is 41.9 Å². The van der Waals surface area contributed by atoms with E-state index in [9.17, 15) is 23.6 Å². The Hall–Kier alpha value is -3.46. The number of halogens is 2. The van der Waals surface area contributed by atoms with Crippen LogP contribution in [0.5, 0.6) is 0 Å². The molecular weight excluding hydrogens is 451 g/mol. The van der Waals surface area contributed by atoms with Crippen molar-refractivity contribution in [2.24, 2.45) is 0 Å². The molecule has 2 fully saturated rings. The maximum atomic E-state index is 14.0. The van der Waals surface area contributed by atoms with Gasteiger partial charge in [0, 0.05) is 31.2 Å². The number of benzene rings is 2. The van der Waals surface area contributed by atoms with Crippen LogP contribution < -0.4 is 5.32 Å². The summed E-state index contributed by atoms with van der Waals surface area (Å²) in [5.41, 5.74) is -0.745. The summed E-state index contributed by atoms with van der Waals surface area (Å²) in [5, 5.41) is 2.93. The van der Waals surface area contributed by atoms with Crippen LogP contribution in [0.4, 0.5) is 9.18 Å². The highest BCUT2D eigenvalue weighted by Gasteiger charge is 2.49. The Morgan fingerprint density at radius 2 is 1.67 bits per heavy atom. The zero-order valence-electron chi connectivity index (χ0n) is 17.9. The van der Waals surface area contributed by atoms with E-state index in [0.29, 0.717) is 5.56 Å². The fourth-order valence-electron chi connectivity index (χ4n) is 4.03. The van der Waals surface area contributed by atoms with Gasteiger partial charge in [0.2, 0.25) is 5.91 Å². The Balaban J connectivity index is 1.38. The molecule has 33 heavy (non-hydrogen) atoms. The summed E-state index contributed by atoms with van der Waals surface area (Å²) in [4.78, 5) is 54.7. The normalized spacial score (nSPS) is 20.8. The van der Waals surface area contributed by atoms with Crippen LogP contribution in [0.3, 0.4) is 0 Å². The SMILES string of the molecule is CC1(c2ccccc2)NC(=O)N(CC(=O)N2CCN(C(=O)c3cc(Cl)ccc3F)CC2)C1=O. The molecule has 0 aliphatic carbocycles. The molecule has 4 rings (SSSR count). The molecule has 10 heteroatoms. The van der Waals surface area contributed by atoms with Crippen molar-refractivity contribution in [2.75, 3.05) is 32.7 Å². The molecule has 0 saturated carbocycles. The summed E-state index contributed by atoms with van der Waals surface area (Å²) in [6.45, 7) is 1.99. The average Bonchev–Trinajstić information content (AvgIpc) is 3.04. The first-order valence-electron chi connectivity index (χ1n) is 10.4. The van der Waals surface area contributed by atoms with Crippen LogP contribution in [0.1, 0.15) is 22.8 Å². The van der Waals surface area contributed by atoms with Gasteiger partial charge in [0.05, 0.1) is 5.56 Å². The highest BCUT2D eigenvalue weighted by atomic mass is 35.5. The number of hydrogen-bond donors (Lipinski definition) is 1. The van der Waals surface area contributed by atoms with Crippen LogP contribution in [0.2, 0.25) is 5.02 Å². The van der Waals surface area contributed by atoms with E-state index in [1.807, 2.05) is 0 Å². The lowest BCUT2D eigenvalue weighted by atomic mass is 9.92. The maximum absolute atomic E-state index is 14.0. The molecular formula is C23H22ClFN4O4. The lowest BCUT2D eigenvalue weighted by Crippen LogP contribution is -2.53. The molecule has 2 aromatic carbocycles. The summed E-state index contributed by atoms with van der Waals surface area (Å²) in [6, 6.07) is 12.0. The number of imide groups is 1.